The fourth-order valence-electron chi connectivity index (χ4n) is 4.01. The number of methoxy groups -OCH3 is 1. The molecule has 3 aromatic carbocycles. The number of hydrogen-bond donors (Lipinski definition) is 1. The Morgan fingerprint density at radius 3 is 2.60 bits per heavy atom. The molecule has 0 spiro atoms. The molecule has 0 atom stereocenters. The first-order valence-electron chi connectivity index (χ1n) is 11.7. The van der Waals surface area contributed by atoms with Gasteiger partial charge in [-0.15, -0.1) is 6.58 Å². The minimum atomic E-state index is -0.687. The standard InChI is InChI=1S/C28H21Cl2N3O6S/c1-3-6-18-11-17(14-23(38-2)25(18)39-15-16-7-4-8-19(12-16)33(36)37)13-20-26(34)31-28(40)32(27(20)35)22-10-5-9-21(29)24(22)30/h3-5,7-14H,1,6,15H2,2H3,(H,31,34,40)/b20-13+. The molecule has 0 unspecified atom stereocenters. The van der Waals surface area contributed by atoms with Crippen LogP contribution in [0.15, 0.2) is 72.8 Å². The molecule has 2 amide bonds. The number of nitrogens with zero attached hydrogens (tertiary/aromatic N) is 2. The van der Waals surface area contributed by atoms with Gasteiger partial charge in [-0.25, -0.2) is 0 Å². The summed E-state index contributed by atoms with van der Waals surface area (Å²) < 4.78 is 11.6. The molecule has 4 rings (SSSR count). The van der Waals surface area contributed by atoms with Crippen molar-refractivity contribution >= 4 is 69.8 Å². The van der Waals surface area contributed by atoms with E-state index in [9.17, 15) is 19.7 Å². The molecule has 0 aromatic heterocycles. The number of non-ortho nitro benzene ring substituents is 1. The molecule has 0 saturated carbocycles. The number of carbonyl (C=O) groups is 2. The van der Waals surface area contributed by atoms with Crippen LogP contribution in [0.4, 0.5) is 11.4 Å². The summed E-state index contributed by atoms with van der Waals surface area (Å²) in [4.78, 5) is 38.0. The van der Waals surface area contributed by atoms with Crippen molar-refractivity contribution < 1.29 is 24.0 Å². The van der Waals surface area contributed by atoms with Crippen LogP contribution in [0.25, 0.3) is 6.08 Å². The highest BCUT2D eigenvalue weighted by atomic mass is 35.5. The largest absolute Gasteiger partial charge is 0.493 e. The number of rotatable bonds is 9. The molecular weight excluding hydrogens is 577 g/mol. The number of thiocarbonyl (C=S) groups is 1. The molecule has 1 N–H and O–H groups in total. The molecule has 0 aliphatic carbocycles. The van der Waals surface area contributed by atoms with Crippen molar-refractivity contribution in [2.24, 2.45) is 0 Å². The smallest absolute Gasteiger partial charge is 0.270 e. The van der Waals surface area contributed by atoms with E-state index in [1.165, 1.54) is 25.3 Å². The zero-order valence-electron chi connectivity index (χ0n) is 21.0. The maximum Gasteiger partial charge on any atom is 0.270 e. The Morgan fingerprint density at radius 2 is 1.90 bits per heavy atom. The lowest BCUT2D eigenvalue weighted by Gasteiger charge is -2.29. The van der Waals surface area contributed by atoms with Crippen molar-refractivity contribution in [3.63, 3.8) is 0 Å². The van der Waals surface area contributed by atoms with Crippen molar-refractivity contribution in [1.82, 2.24) is 5.32 Å². The van der Waals surface area contributed by atoms with Crippen molar-refractivity contribution in [3.8, 4) is 11.5 Å². The van der Waals surface area contributed by atoms with Crippen LogP contribution in [0.1, 0.15) is 16.7 Å². The molecule has 1 fully saturated rings. The molecule has 0 bridgehead atoms. The van der Waals surface area contributed by atoms with Gasteiger partial charge in [-0.05, 0) is 60.1 Å². The minimum absolute atomic E-state index is 0.0380. The summed E-state index contributed by atoms with van der Waals surface area (Å²) in [5.41, 5.74) is 1.70. The highest BCUT2D eigenvalue weighted by Crippen LogP contribution is 2.37. The Morgan fingerprint density at radius 1 is 1.15 bits per heavy atom. The van der Waals surface area contributed by atoms with E-state index >= 15 is 0 Å². The lowest BCUT2D eigenvalue weighted by atomic mass is 10.0. The summed E-state index contributed by atoms with van der Waals surface area (Å²) in [5, 5.41) is 13.8. The van der Waals surface area contributed by atoms with Crippen molar-refractivity contribution in [2.75, 3.05) is 12.0 Å². The molecular formula is C28H21Cl2N3O6S. The first-order valence-corrected chi connectivity index (χ1v) is 12.8. The lowest BCUT2D eigenvalue weighted by Crippen LogP contribution is -2.54. The zero-order chi connectivity index (χ0) is 29.0. The normalized spacial score (nSPS) is 14.2. The lowest BCUT2D eigenvalue weighted by molar-refractivity contribution is -0.384. The topological polar surface area (TPSA) is 111 Å². The number of nitro benzene ring substituents is 1. The number of anilines is 1. The van der Waals surface area contributed by atoms with Gasteiger partial charge in [0.05, 0.1) is 27.8 Å². The van der Waals surface area contributed by atoms with Crippen LogP contribution in [-0.4, -0.2) is 29.0 Å². The molecule has 3 aromatic rings. The van der Waals surface area contributed by atoms with E-state index in [0.29, 0.717) is 34.6 Å². The number of nitro groups is 1. The van der Waals surface area contributed by atoms with Crippen LogP contribution in [0.3, 0.4) is 0 Å². The number of carbonyl (C=O) groups excluding carboxylic acids is 2. The summed E-state index contributed by atoms with van der Waals surface area (Å²) in [6, 6.07) is 14.2. The molecule has 1 saturated heterocycles. The van der Waals surface area contributed by atoms with Crippen LogP contribution >= 0.6 is 35.4 Å². The van der Waals surface area contributed by atoms with Crippen LogP contribution in [-0.2, 0) is 22.6 Å². The number of amides is 2. The summed E-state index contributed by atoms with van der Waals surface area (Å²) in [7, 11) is 1.45. The number of ether oxygens (including phenoxy) is 2. The monoisotopic (exact) mass is 597 g/mol. The van der Waals surface area contributed by atoms with Gasteiger partial charge in [0, 0.05) is 17.7 Å². The van der Waals surface area contributed by atoms with Gasteiger partial charge in [-0.2, -0.15) is 0 Å². The first kappa shape index (κ1) is 28.8. The molecule has 1 aliphatic heterocycles. The zero-order valence-corrected chi connectivity index (χ0v) is 23.3. The molecule has 12 heteroatoms. The molecule has 204 valence electrons. The number of allylic oxidation sites excluding steroid dienone is 1. The van der Waals surface area contributed by atoms with Gasteiger partial charge in [0.2, 0.25) is 0 Å². The fraction of sp³-hybridized carbons (Fsp3) is 0.107. The fourth-order valence-corrected chi connectivity index (χ4v) is 4.67. The summed E-state index contributed by atoms with van der Waals surface area (Å²) in [6.07, 6.45) is 3.43. The highest BCUT2D eigenvalue weighted by Gasteiger charge is 2.35. The number of hydrogen-bond acceptors (Lipinski definition) is 7. The Kier molecular flexibility index (Phi) is 8.83. The highest BCUT2D eigenvalue weighted by molar-refractivity contribution is 7.80. The van der Waals surface area contributed by atoms with Gasteiger partial charge in [0.1, 0.15) is 12.2 Å². The summed E-state index contributed by atoms with van der Waals surface area (Å²) in [5.74, 6) is -0.651. The SMILES string of the molecule is C=CCc1cc(/C=C2\C(=O)NC(=S)N(c3cccc(Cl)c3Cl)C2=O)cc(OC)c1OCc1cccc([N+](=O)[O-])c1. The van der Waals surface area contributed by atoms with Crippen molar-refractivity contribution in [3.05, 3.63) is 110 Å². The quantitative estimate of drug-likeness (QED) is 0.0798. The Balaban J connectivity index is 1.71. The van der Waals surface area contributed by atoms with Crippen molar-refractivity contribution in [1.29, 1.82) is 0 Å². The second kappa shape index (κ2) is 12.3. The van der Waals surface area contributed by atoms with Crippen LogP contribution in [0.5, 0.6) is 11.5 Å². The number of nitrogens with one attached hydrogen (secondary N) is 1. The van der Waals surface area contributed by atoms with E-state index in [2.05, 4.69) is 11.9 Å². The third-order valence-electron chi connectivity index (χ3n) is 5.83. The van der Waals surface area contributed by atoms with Crippen LogP contribution in [0, 0.1) is 10.1 Å². The van der Waals surface area contributed by atoms with Gasteiger partial charge in [-0.3, -0.25) is 29.9 Å². The predicted octanol–water partition coefficient (Wildman–Crippen LogP) is 6.05. The molecule has 1 heterocycles. The Labute approximate surface area is 244 Å². The van der Waals surface area contributed by atoms with Crippen LogP contribution in [0.2, 0.25) is 10.0 Å². The molecule has 40 heavy (non-hydrogen) atoms. The van der Waals surface area contributed by atoms with E-state index in [1.807, 2.05) is 0 Å². The average molecular weight is 598 g/mol. The Hall–Kier alpha value is -4.25. The second-order valence-corrected chi connectivity index (χ2v) is 9.62. The number of halogens is 2. The van der Waals surface area contributed by atoms with Gasteiger partial charge in [0.25, 0.3) is 17.5 Å². The molecule has 1 aliphatic rings. The average Bonchev–Trinajstić information content (AvgIpc) is 2.92. The van der Waals surface area contributed by atoms with Crippen LogP contribution < -0.4 is 19.7 Å². The second-order valence-electron chi connectivity index (χ2n) is 8.45. The van der Waals surface area contributed by atoms with E-state index in [0.717, 1.165) is 4.90 Å². The Bertz CT molecular complexity index is 1590. The van der Waals surface area contributed by atoms with E-state index in [-0.39, 0.29) is 38.7 Å². The van der Waals surface area contributed by atoms with Crippen molar-refractivity contribution in [2.45, 2.75) is 13.0 Å². The minimum Gasteiger partial charge on any atom is -0.493 e. The van der Waals surface area contributed by atoms with E-state index in [4.69, 9.17) is 44.9 Å². The van der Waals surface area contributed by atoms with E-state index < -0.39 is 16.7 Å². The summed E-state index contributed by atoms with van der Waals surface area (Å²) >= 11 is 17.7. The molecule has 9 nitrogen and oxygen atoms in total. The maximum atomic E-state index is 13.5. The van der Waals surface area contributed by atoms with Gasteiger partial charge < -0.3 is 9.47 Å². The third kappa shape index (κ3) is 5.99. The third-order valence-corrected chi connectivity index (χ3v) is 6.92. The molecule has 0 radical (unpaired) electrons. The van der Waals surface area contributed by atoms with Gasteiger partial charge in [-0.1, -0.05) is 47.5 Å². The number of benzene rings is 3. The van der Waals surface area contributed by atoms with Gasteiger partial charge >= 0.3 is 0 Å². The van der Waals surface area contributed by atoms with Gasteiger partial charge in [0.15, 0.2) is 16.6 Å². The summed E-state index contributed by atoms with van der Waals surface area (Å²) in [6.45, 7) is 3.83. The first-order chi connectivity index (χ1) is 19.1. The maximum absolute atomic E-state index is 13.5. The predicted molar refractivity (Wildman–Crippen MR) is 157 cm³/mol. The van der Waals surface area contributed by atoms with E-state index in [1.54, 1.807) is 48.5 Å².